The molecule has 5 atom stereocenters. The van der Waals surface area contributed by atoms with Crippen molar-refractivity contribution in [2.45, 2.75) is 71.6 Å². The maximum absolute atomic E-state index is 12.2. The lowest BCUT2D eigenvalue weighted by Crippen LogP contribution is -2.35. The minimum absolute atomic E-state index is 0.0231. The van der Waals surface area contributed by atoms with E-state index < -0.39 is 12.1 Å². The van der Waals surface area contributed by atoms with Crippen LogP contribution in [0.5, 0.6) is 5.75 Å². The Bertz CT molecular complexity index is 1050. The molecular weight excluding hydrogens is 438 g/mol. The molecule has 0 bridgehead atoms. The topological polar surface area (TPSA) is 128 Å². The lowest BCUT2D eigenvalue weighted by atomic mass is 9.87. The number of aromatic nitrogens is 4. The Hall–Kier alpha value is -3.17. The molecule has 4 rings (SSSR count). The van der Waals surface area contributed by atoms with Crippen LogP contribution < -0.4 is 10.1 Å². The lowest BCUT2D eigenvalue weighted by Gasteiger charge is -2.27. The van der Waals surface area contributed by atoms with Gasteiger partial charge >= 0.3 is 12.1 Å². The van der Waals surface area contributed by atoms with Crippen LogP contribution in [-0.4, -0.2) is 49.3 Å². The zero-order chi connectivity index (χ0) is 24.4. The molecular formula is C24H33N5O5. The Morgan fingerprint density at radius 1 is 1.29 bits per heavy atom. The normalized spacial score (nSPS) is 24.8. The molecule has 2 aromatic rings. The minimum Gasteiger partial charge on any atom is -0.489 e. The number of carboxylic acid groups (broad SMARTS) is 1. The quantitative estimate of drug-likeness (QED) is 0.599. The number of hydrogen-bond acceptors (Lipinski definition) is 7. The van der Waals surface area contributed by atoms with Gasteiger partial charge in [0, 0.05) is 13.1 Å². The summed E-state index contributed by atoms with van der Waals surface area (Å²) in [6.45, 7) is 6.04. The van der Waals surface area contributed by atoms with Crippen molar-refractivity contribution in [3.8, 4) is 17.1 Å². The maximum Gasteiger partial charge on any atom is 0.407 e. The highest BCUT2D eigenvalue weighted by Gasteiger charge is 2.38. The molecule has 0 aromatic carbocycles. The molecule has 2 aliphatic rings. The van der Waals surface area contributed by atoms with Crippen LogP contribution >= 0.6 is 0 Å². The van der Waals surface area contributed by atoms with Crippen molar-refractivity contribution in [2.75, 3.05) is 0 Å². The second-order valence-corrected chi connectivity index (χ2v) is 9.62. The van der Waals surface area contributed by atoms with Crippen LogP contribution in [0.2, 0.25) is 0 Å². The van der Waals surface area contributed by atoms with Gasteiger partial charge in [-0.15, -0.1) is 5.10 Å². The Labute approximate surface area is 199 Å². The van der Waals surface area contributed by atoms with E-state index in [4.69, 9.17) is 9.47 Å². The zero-order valence-electron chi connectivity index (χ0n) is 20.2. The maximum atomic E-state index is 12.2. The largest absolute Gasteiger partial charge is 0.489 e. The summed E-state index contributed by atoms with van der Waals surface area (Å²) in [6.07, 6.45) is 3.39. The minimum atomic E-state index is -0.763. The van der Waals surface area contributed by atoms with Gasteiger partial charge in [0.15, 0.2) is 0 Å². The number of carboxylic acids is 1. The van der Waals surface area contributed by atoms with Crippen LogP contribution in [0.25, 0.3) is 11.4 Å². The van der Waals surface area contributed by atoms with Crippen molar-refractivity contribution < 1.29 is 24.2 Å². The van der Waals surface area contributed by atoms with Gasteiger partial charge in [0.2, 0.25) is 0 Å². The van der Waals surface area contributed by atoms with Crippen LogP contribution in [0, 0.1) is 24.7 Å². The number of pyridine rings is 1. The molecule has 0 spiro atoms. The highest BCUT2D eigenvalue weighted by Crippen LogP contribution is 2.40. The molecule has 2 aliphatic carbocycles. The number of carbonyl (C=O) groups is 2. The molecule has 0 aliphatic heterocycles. The van der Waals surface area contributed by atoms with Crippen LogP contribution in [0.4, 0.5) is 4.79 Å². The predicted octanol–water partition coefficient (Wildman–Crippen LogP) is 3.48. The molecule has 10 heteroatoms. The van der Waals surface area contributed by atoms with Crippen molar-refractivity contribution in [1.29, 1.82) is 0 Å². The molecule has 1 unspecified atom stereocenters. The number of nitrogens with one attached hydrogen (secondary N) is 1. The summed E-state index contributed by atoms with van der Waals surface area (Å²) < 4.78 is 13.1. The molecule has 2 heterocycles. The number of carbonyl (C=O) groups excluding carboxylic acids is 1. The van der Waals surface area contributed by atoms with Gasteiger partial charge in [0.1, 0.15) is 23.7 Å². The van der Waals surface area contributed by atoms with Crippen molar-refractivity contribution in [3.63, 3.8) is 0 Å². The third-order valence-electron chi connectivity index (χ3n) is 6.99. The smallest absolute Gasteiger partial charge is 0.407 e. The number of nitrogens with zero attached hydrogens (tertiary/aromatic N) is 4. The first kappa shape index (κ1) is 24.0. The van der Waals surface area contributed by atoms with Crippen LogP contribution in [0.1, 0.15) is 57.3 Å². The fourth-order valence-electron chi connectivity index (χ4n) is 4.71. The van der Waals surface area contributed by atoms with Gasteiger partial charge in [-0.2, -0.15) is 0 Å². The van der Waals surface area contributed by atoms with Gasteiger partial charge < -0.3 is 19.9 Å². The first-order chi connectivity index (χ1) is 16.2. The van der Waals surface area contributed by atoms with Gasteiger partial charge in [-0.1, -0.05) is 12.1 Å². The van der Waals surface area contributed by atoms with Gasteiger partial charge in [0.05, 0.1) is 23.4 Å². The molecule has 2 N–H and O–H groups in total. The van der Waals surface area contributed by atoms with Gasteiger partial charge in [-0.25, -0.2) is 14.5 Å². The van der Waals surface area contributed by atoms with E-state index in [-0.39, 0.29) is 24.7 Å². The first-order valence-electron chi connectivity index (χ1n) is 11.9. The SMILES string of the molecule is Cc1nc(-c2nnn(C)c2COC(=O)NC(C)[C@H]2C[C@@H]2C)ccc1O[C@H]1CCC[C@@H](C(=O)O)C1. The summed E-state index contributed by atoms with van der Waals surface area (Å²) in [5.41, 5.74) is 2.46. The fraction of sp³-hybridized carbons (Fsp3) is 0.625. The highest BCUT2D eigenvalue weighted by molar-refractivity contribution is 5.70. The van der Waals surface area contributed by atoms with Crippen molar-refractivity contribution >= 4 is 12.1 Å². The van der Waals surface area contributed by atoms with Crippen molar-refractivity contribution in [1.82, 2.24) is 25.3 Å². The van der Waals surface area contributed by atoms with E-state index >= 15 is 0 Å². The number of aliphatic carboxylic acids is 1. The Kier molecular flexibility index (Phi) is 7.04. The molecule has 10 nitrogen and oxygen atoms in total. The van der Waals surface area contributed by atoms with E-state index in [9.17, 15) is 14.7 Å². The first-order valence-corrected chi connectivity index (χ1v) is 11.9. The number of ether oxygens (including phenoxy) is 2. The van der Waals surface area contributed by atoms with E-state index in [1.807, 2.05) is 19.9 Å². The molecule has 0 saturated heterocycles. The van der Waals surface area contributed by atoms with Crippen LogP contribution in [0.15, 0.2) is 12.1 Å². The predicted molar refractivity (Wildman–Crippen MR) is 123 cm³/mol. The summed E-state index contributed by atoms with van der Waals surface area (Å²) in [5, 5.41) is 20.5. The van der Waals surface area contributed by atoms with Crippen molar-refractivity contribution in [3.05, 3.63) is 23.5 Å². The second kappa shape index (κ2) is 9.99. The Balaban J connectivity index is 1.40. The summed E-state index contributed by atoms with van der Waals surface area (Å²) in [6, 6.07) is 3.70. The highest BCUT2D eigenvalue weighted by atomic mass is 16.5. The number of alkyl carbamates (subject to hydrolysis) is 1. The summed E-state index contributed by atoms with van der Waals surface area (Å²) in [4.78, 5) is 28.2. The molecule has 2 aromatic heterocycles. The number of hydrogen-bond donors (Lipinski definition) is 2. The standard InChI is InChI=1S/C24H33N5O5/c1-13-10-18(13)14(2)26-24(32)33-12-20-22(27-28-29(20)4)19-8-9-21(15(3)25-19)34-17-7-5-6-16(11-17)23(30)31/h8-9,13-14,16-18H,5-7,10-12H2,1-4H3,(H,26,32)(H,30,31)/t13-,14?,16+,17-,18-/m0/s1. The van der Waals surface area contributed by atoms with Gasteiger partial charge in [-0.3, -0.25) is 4.79 Å². The molecule has 184 valence electrons. The van der Waals surface area contributed by atoms with Crippen molar-refractivity contribution in [2.24, 2.45) is 24.8 Å². The zero-order valence-corrected chi connectivity index (χ0v) is 20.2. The monoisotopic (exact) mass is 471 g/mol. The average molecular weight is 472 g/mol. The number of rotatable bonds is 8. The summed E-state index contributed by atoms with van der Waals surface area (Å²) >= 11 is 0. The molecule has 0 radical (unpaired) electrons. The van der Waals surface area contributed by atoms with Gasteiger partial charge in [0.25, 0.3) is 0 Å². The average Bonchev–Trinajstić information content (AvgIpc) is 3.42. The fourth-order valence-corrected chi connectivity index (χ4v) is 4.71. The van der Waals surface area contributed by atoms with E-state index in [2.05, 4.69) is 27.5 Å². The third-order valence-corrected chi connectivity index (χ3v) is 6.99. The Morgan fingerprint density at radius 3 is 2.74 bits per heavy atom. The van der Waals surface area contributed by atoms with Crippen LogP contribution in [-0.2, 0) is 23.2 Å². The molecule has 2 saturated carbocycles. The van der Waals surface area contributed by atoms with E-state index in [0.717, 1.165) is 19.3 Å². The summed E-state index contributed by atoms with van der Waals surface area (Å²) in [5.74, 6) is 0.658. The van der Waals surface area contributed by atoms with E-state index in [1.54, 1.807) is 17.8 Å². The molecule has 2 fully saturated rings. The molecule has 1 amide bonds. The van der Waals surface area contributed by atoms with E-state index in [1.165, 1.54) is 0 Å². The number of aryl methyl sites for hydroxylation is 2. The second-order valence-electron chi connectivity index (χ2n) is 9.62. The molecule has 34 heavy (non-hydrogen) atoms. The Morgan fingerprint density at radius 2 is 2.06 bits per heavy atom. The van der Waals surface area contributed by atoms with E-state index in [0.29, 0.717) is 53.2 Å². The summed E-state index contributed by atoms with van der Waals surface area (Å²) in [7, 11) is 1.74. The van der Waals surface area contributed by atoms with Crippen LogP contribution in [0.3, 0.4) is 0 Å². The third kappa shape index (κ3) is 5.48. The number of amides is 1. The van der Waals surface area contributed by atoms with Gasteiger partial charge in [-0.05, 0) is 69.9 Å². The lowest BCUT2D eigenvalue weighted by molar-refractivity contribution is -0.143.